The number of nitrogens with zero attached hydrogens (tertiary/aromatic N) is 2. The number of thioether (sulfide) groups is 1. The lowest BCUT2D eigenvalue weighted by molar-refractivity contribution is -0.117. The van der Waals surface area contributed by atoms with Crippen LogP contribution in [0.3, 0.4) is 0 Å². The first-order chi connectivity index (χ1) is 17.3. The molecule has 1 N–H and O–H groups in total. The average molecular weight is 500 g/mol. The Hall–Kier alpha value is -3.89. The van der Waals surface area contributed by atoms with Gasteiger partial charge in [-0.3, -0.25) is 14.5 Å². The molecule has 2 amide bonds. The second-order valence-electron chi connectivity index (χ2n) is 8.74. The summed E-state index contributed by atoms with van der Waals surface area (Å²) in [5.74, 6) is -1.25. The molecule has 1 fully saturated rings. The maximum atomic E-state index is 14.4. The molecule has 182 valence electrons. The van der Waals surface area contributed by atoms with Crippen molar-refractivity contribution in [1.82, 2.24) is 5.32 Å². The minimum atomic E-state index is -0.679. The predicted molar refractivity (Wildman–Crippen MR) is 141 cm³/mol. The van der Waals surface area contributed by atoms with Crippen molar-refractivity contribution < 1.29 is 14.0 Å². The van der Waals surface area contributed by atoms with Gasteiger partial charge in [-0.1, -0.05) is 66.4 Å². The van der Waals surface area contributed by atoms with Gasteiger partial charge in [0.15, 0.2) is 0 Å². The van der Waals surface area contributed by atoms with Crippen molar-refractivity contribution in [2.45, 2.75) is 38.5 Å². The van der Waals surface area contributed by atoms with Gasteiger partial charge < -0.3 is 5.32 Å². The molecule has 0 radical (unpaired) electrons. The summed E-state index contributed by atoms with van der Waals surface area (Å²) in [6.07, 6.45) is 0.141. The van der Waals surface area contributed by atoms with Crippen LogP contribution in [0.25, 0.3) is 0 Å². The molecule has 5 nitrogen and oxygen atoms in total. The van der Waals surface area contributed by atoms with Gasteiger partial charge in [-0.2, -0.15) is 5.26 Å². The number of hydrogen-bond donors (Lipinski definition) is 1. The molecule has 1 aliphatic heterocycles. The van der Waals surface area contributed by atoms with E-state index in [9.17, 15) is 19.2 Å². The van der Waals surface area contributed by atoms with Gasteiger partial charge >= 0.3 is 0 Å². The normalized spacial score (nSPS) is 17.5. The number of nitriles is 1. The van der Waals surface area contributed by atoms with E-state index in [-0.39, 0.29) is 29.0 Å². The van der Waals surface area contributed by atoms with Crippen LogP contribution in [0.2, 0.25) is 0 Å². The Morgan fingerprint density at radius 1 is 1.08 bits per heavy atom. The van der Waals surface area contributed by atoms with E-state index in [1.54, 1.807) is 24.3 Å². The summed E-state index contributed by atoms with van der Waals surface area (Å²) in [6, 6.07) is 23.0. The number of aryl methyl sites for hydroxylation is 2. The highest BCUT2D eigenvalue weighted by molar-refractivity contribution is 8.05. The van der Waals surface area contributed by atoms with E-state index in [0.29, 0.717) is 11.3 Å². The van der Waals surface area contributed by atoms with Gasteiger partial charge in [0.2, 0.25) is 5.91 Å². The van der Waals surface area contributed by atoms with E-state index < -0.39 is 17.0 Å². The number of amides is 2. The van der Waals surface area contributed by atoms with Gasteiger partial charge in [0.05, 0.1) is 11.3 Å². The van der Waals surface area contributed by atoms with Crippen LogP contribution in [-0.4, -0.2) is 17.1 Å². The number of hydrogen-bond acceptors (Lipinski definition) is 4. The highest BCUT2D eigenvalue weighted by atomic mass is 32.2. The fraction of sp³-hybridized carbons (Fsp3) is 0.207. The molecule has 3 aromatic rings. The minimum absolute atomic E-state index is 0.141. The van der Waals surface area contributed by atoms with Gasteiger partial charge in [0.1, 0.15) is 22.5 Å². The SMILES string of the molecule is Cc1ccc(N2C(=O)C(Cc3ccccc3F)S/C2=C(/C#N)C(=O)NC(C)c2ccccc2)cc1C. The molecule has 3 aromatic carbocycles. The largest absolute Gasteiger partial charge is 0.345 e. The first-order valence-corrected chi connectivity index (χ1v) is 12.5. The zero-order valence-corrected chi connectivity index (χ0v) is 21.1. The molecule has 1 aliphatic rings. The lowest BCUT2D eigenvalue weighted by Gasteiger charge is -2.20. The zero-order chi connectivity index (χ0) is 25.8. The number of anilines is 1. The topological polar surface area (TPSA) is 73.2 Å². The van der Waals surface area contributed by atoms with Crippen LogP contribution in [0, 0.1) is 31.0 Å². The molecule has 0 spiro atoms. The van der Waals surface area contributed by atoms with Gasteiger partial charge in [0.25, 0.3) is 5.91 Å². The highest BCUT2D eigenvalue weighted by Crippen LogP contribution is 2.42. The van der Waals surface area contributed by atoms with Crippen molar-refractivity contribution in [3.8, 4) is 6.07 Å². The molecule has 4 rings (SSSR count). The number of carbonyl (C=O) groups excluding carboxylic acids is 2. The second kappa shape index (κ2) is 10.8. The second-order valence-corrected chi connectivity index (χ2v) is 9.93. The molecular formula is C29H26FN3O2S. The van der Waals surface area contributed by atoms with E-state index in [0.717, 1.165) is 28.5 Å². The first-order valence-electron chi connectivity index (χ1n) is 11.6. The third-order valence-corrected chi connectivity index (χ3v) is 7.53. The van der Waals surface area contributed by atoms with Crippen molar-refractivity contribution in [1.29, 1.82) is 5.26 Å². The summed E-state index contributed by atoms with van der Waals surface area (Å²) >= 11 is 1.13. The third kappa shape index (κ3) is 5.19. The zero-order valence-electron chi connectivity index (χ0n) is 20.3. The standard InChI is InChI=1S/C29H26FN3O2S/c1-18-13-14-23(15-19(18)2)33-28(35)26(16-22-11-7-8-12-25(22)30)36-29(33)24(17-31)27(34)32-20(3)21-9-5-4-6-10-21/h4-15,20,26H,16H2,1-3H3,(H,32,34)/b29-24-. The predicted octanol–water partition coefficient (Wildman–Crippen LogP) is 5.75. The summed E-state index contributed by atoms with van der Waals surface area (Å²) in [4.78, 5) is 28.3. The molecule has 2 atom stereocenters. The maximum Gasteiger partial charge on any atom is 0.265 e. The van der Waals surface area contributed by atoms with Crippen LogP contribution < -0.4 is 10.2 Å². The van der Waals surface area contributed by atoms with Crippen molar-refractivity contribution >= 4 is 29.3 Å². The van der Waals surface area contributed by atoms with Crippen LogP contribution in [0.5, 0.6) is 0 Å². The number of carbonyl (C=O) groups is 2. The summed E-state index contributed by atoms with van der Waals surface area (Å²) in [5, 5.41) is 12.5. The molecule has 0 saturated carbocycles. The number of nitrogens with one attached hydrogen (secondary N) is 1. The fourth-order valence-electron chi connectivity index (χ4n) is 4.04. The monoisotopic (exact) mass is 499 g/mol. The Bertz CT molecular complexity index is 1380. The summed E-state index contributed by atoms with van der Waals surface area (Å²) in [7, 11) is 0. The molecule has 0 aromatic heterocycles. The fourth-order valence-corrected chi connectivity index (χ4v) is 5.34. The van der Waals surface area contributed by atoms with E-state index in [1.165, 1.54) is 11.0 Å². The Labute approximate surface area is 214 Å². The van der Waals surface area contributed by atoms with Crippen LogP contribution in [0.15, 0.2) is 83.4 Å². The van der Waals surface area contributed by atoms with Crippen LogP contribution >= 0.6 is 11.8 Å². The number of benzene rings is 3. The molecule has 1 saturated heterocycles. The Balaban J connectivity index is 1.73. The van der Waals surface area contributed by atoms with Crippen LogP contribution in [0.4, 0.5) is 10.1 Å². The number of halogens is 1. The lowest BCUT2D eigenvalue weighted by Crippen LogP contribution is -2.33. The highest BCUT2D eigenvalue weighted by Gasteiger charge is 2.41. The minimum Gasteiger partial charge on any atom is -0.345 e. The summed E-state index contributed by atoms with van der Waals surface area (Å²) in [5.41, 5.74) is 3.75. The average Bonchev–Trinajstić information content (AvgIpc) is 3.18. The molecule has 1 heterocycles. The van der Waals surface area contributed by atoms with Crippen molar-refractivity contribution in [3.05, 3.63) is 111 Å². The third-order valence-electron chi connectivity index (χ3n) is 6.26. The molecule has 36 heavy (non-hydrogen) atoms. The van der Waals surface area contributed by atoms with E-state index in [2.05, 4.69) is 5.32 Å². The van der Waals surface area contributed by atoms with Crippen molar-refractivity contribution in [2.75, 3.05) is 4.90 Å². The molecule has 7 heteroatoms. The Kier molecular flexibility index (Phi) is 7.56. The molecule has 0 bridgehead atoms. The van der Waals surface area contributed by atoms with Gasteiger partial charge in [-0.15, -0.1) is 0 Å². The summed E-state index contributed by atoms with van der Waals surface area (Å²) < 4.78 is 14.4. The summed E-state index contributed by atoms with van der Waals surface area (Å²) in [6.45, 7) is 5.74. The Morgan fingerprint density at radius 3 is 2.44 bits per heavy atom. The van der Waals surface area contributed by atoms with E-state index in [1.807, 2.05) is 69.3 Å². The maximum absolute atomic E-state index is 14.4. The smallest absolute Gasteiger partial charge is 0.265 e. The molecule has 2 unspecified atom stereocenters. The van der Waals surface area contributed by atoms with Crippen molar-refractivity contribution in [2.24, 2.45) is 0 Å². The van der Waals surface area contributed by atoms with Gasteiger partial charge in [-0.05, 0) is 67.6 Å². The van der Waals surface area contributed by atoms with Crippen molar-refractivity contribution in [3.63, 3.8) is 0 Å². The number of rotatable bonds is 6. The van der Waals surface area contributed by atoms with E-state index >= 15 is 0 Å². The van der Waals surface area contributed by atoms with Crippen LogP contribution in [0.1, 0.15) is 35.2 Å². The van der Waals surface area contributed by atoms with Gasteiger partial charge in [0, 0.05) is 5.69 Å². The Morgan fingerprint density at radius 2 is 1.78 bits per heavy atom. The lowest BCUT2D eigenvalue weighted by atomic mass is 10.1. The molecule has 0 aliphatic carbocycles. The van der Waals surface area contributed by atoms with E-state index in [4.69, 9.17) is 0 Å². The quantitative estimate of drug-likeness (QED) is 0.346. The molecular weight excluding hydrogens is 473 g/mol. The van der Waals surface area contributed by atoms with Gasteiger partial charge in [-0.25, -0.2) is 4.39 Å². The first kappa shape index (κ1) is 25.2. The van der Waals surface area contributed by atoms with Crippen LogP contribution in [-0.2, 0) is 16.0 Å².